The van der Waals surface area contributed by atoms with Gasteiger partial charge in [0.1, 0.15) is 5.75 Å². The van der Waals surface area contributed by atoms with E-state index < -0.39 is 26.0 Å². The summed E-state index contributed by atoms with van der Waals surface area (Å²) in [5.74, 6) is -0.376. The number of hydrogen-bond donors (Lipinski definition) is 2. The van der Waals surface area contributed by atoms with Crippen LogP contribution in [-0.2, 0) is 24.8 Å². The van der Waals surface area contributed by atoms with Crippen LogP contribution < -0.4 is 14.8 Å². The molecule has 3 aromatic rings. The third-order valence-electron chi connectivity index (χ3n) is 5.90. The van der Waals surface area contributed by atoms with Crippen molar-refractivity contribution in [3.63, 3.8) is 0 Å². The van der Waals surface area contributed by atoms with E-state index in [4.69, 9.17) is 4.74 Å². The molecule has 1 aromatic heterocycles. The zero-order valence-corrected chi connectivity index (χ0v) is 21.9. The Morgan fingerprint density at radius 1 is 1.00 bits per heavy atom. The van der Waals surface area contributed by atoms with E-state index in [0.717, 1.165) is 0 Å². The highest BCUT2D eigenvalue weighted by Crippen LogP contribution is 2.26. The van der Waals surface area contributed by atoms with Crippen LogP contribution in [0.3, 0.4) is 0 Å². The molecular weight excluding hydrogens is 518 g/mol. The zero-order valence-electron chi connectivity index (χ0n) is 20.3. The van der Waals surface area contributed by atoms with Gasteiger partial charge in [0.15, 0.2) is 0 Å². The molecule has 13 heteroatoms. The number of hydrogen-bond acceptors (Lipinski definition) is 8. The van der Waals surface area contributed by atoms with Crippen molar-refractivity contribution in [3.8, 4) is 5.75 Å². The number of sulfonamides is 2. The molecular formula is C24H27N5O6S2. The summed E-state index contributed by atoms with van der Waals surface area (Å²) in [5.41, 5.74) is 1.01. The van der Waals surface area contributed by atoms with Crippen LogP contribution >= 0.6 is 0 Å². The monoisotopic (exact) mass is 545 g/mol. The lowest BCUT2D eigenvalue weighted by atomic mass is 9.99. The molecule has 196 valence electrons. The number of piperidine rings is 1. The molecule has 4 rings (SSSR count). The molecule has 11 nitrogen and oxygen atoms in total. The molecule has 1 saturated heterocycles. The largest absolute Gasteiger partial charge is 0.497 e. The number of rotatable bonds is 8. The second-order valence-electron chi connectivity index (χ2n) is 8.52. The Morgan fingerprint density at radius 2 is 1.68 bits per heavy atom. The van der Waals surface area contributed by atoms with Gasteiger partial charge in [-0.3, -0.25) is 4.79 Å². The number of aromatic nitrogens is 2. The number of anilines is 2. The van der Waals surface area contributed by atoms with Gasteiger partial charge in [0.25, 0.3) is 10.0 Å². The van der Waals surface area contributed by atoms with Crippen molar-refractivity contribution in [1.29, 1.82) is 0 Å². The molecule has 2 N–H and O–H groups in total. The van der Waals surface area contributed by atoms with E-state index in [9.17, 15) is 21.6 Å². The first-order valence-corrected chi connectivity index (χ1v) is 14.4. The average molecular weight is 546 g/mol. The lowest BCUT2D eigenvalue weighted by Gasteiger charge is -2.31. The van der Waals surface area contributed by atoms with Gasteiger partial charge in [-0.2, -0.15) is 4.31 Å². The quantitative estimate of drug-likeness (QED) is 0.439. The normalized spacial score (nSPS) is 16.6. The maximum atomic E-state index is 13.1. The van der Waals surface area contributed by atoms with Gasteiger partial charge in [-0.15, -0.1) is 0 Å². The Labute approximate surface area is 216 Å². The van der Waals surface area contributed by atoms with Crippen molar-refractivity contribution >= 4 is 37.6 Å². The minimum absolute atomic E-state index is 0.0231. The van der Waals surface area contributed by atoms with Gasteiger partial charge >= 0.3 is 0 Å². The lowest BCUT2D eigenvalue weighted by Crippen LogP contribution is -2.43. The summed E-state index contributed by atoms with van der Waals surface area (Å²) in [5, 5.41) is 2.76. The van der Waals surface area contributed by atoms with Crippen LogP contribution in [0.2, 0.25) is 0 Å². The van der Waals surface area contributed by atoms with E-state index in [1.165, 1.54) is 54.0 Å². The number of methoxy groups -OCH3 is 1. The Morgan fingerprint density at radius 3 is 2.32 bits per heavy atom. The van der Waals surface area contributed by atoms with Crippen molar-refractivity contribution in [2.75, 3.05) is 30.2 Å². The molecule has 2 aromatic carbocycles. The van der Waals surface area contributed by atoms with Crippen LogP contribution in [-0.4, -0.2) is 57.2 Å². The number of nitrogens with one attached hydrogen (secondary N) is 2. The van der Waals surface area contributed by atoms with E-state index in [1.807, 2.05) is 0 Å². The van der Waals surface area contributed by atoms with Gasteiger partial charge < -0.3 is 10.1 Å². The molecule has 1 atom stereocenters. The highest BCUT2D eigenvalue weighted by molar-refractivity contribution is 7.92. The van der Waals surface area contributed by atoms with Crippen LogP contribution in [0.15, 0.2) is 70.6 Å². The van der Waals surface area contributed by atoms with E-state index in [0.29, 0.717) is 36.5 Å². The first kappa shape index (κ1) is 26.5. The number of nitrogens with zero attached hydrogens (tertiary/aromatic N) is 3. The molecule has 0 saturated carbocycles. The fourth-order valence-electron chi connectivity index (χ4n) is 3.91. The maximum absolute atomic E-state index is 13.1. The van der Waals surface area contributed by atoms with Gasteiger partial charge in [-0.05, 0) is 74.4 Å². The van der Waals surface area contributed by atoms with E-state index >= 15 is 0 Å². The van der Waals surface area contributed by atoms with Gasteiger partial charge in [-0.25, -0.2) is 31.5 Å². The summed E-state index contributed by atoms with van der Waals surface area (Å²) in [6.07, 6.45) is 2.53. The van der Waals surface area contributed by atoms with Crippen LogP contribution in [0.4, 0.5) is 11.6 Å². The number of carbonyl (C=O) groups is 1. The number of ether oxygens (including phenoxy) is 1. The molecule has 2 heterocycles. The van der Waals surface area contributed by atoms with Gasteiger partial charge in [-0.1, -0.05) is 0 Å². The maximum Gasteiger partial charge on any atom is 0.264 e. The van der Waals surface area contributed by atoms with Crippen LogP contribution in [0.1, 0.15) is 18.5 Å². The molecule has 1 fully saturated rings. The second-order valence-corrected chi connectivity index (χ2v) is 12.1. The van der Waals surface area contributed by atoms with Crippen LogP contribution in [0.5, 0.6) is 5.75 Å². The molecule has 0 aliphatic carbocycles. The average Bonchev–Trinajstić information content (AvgIpc) is 2.89. The minimum Gasteiger partial charge on any atom is -0.497 e. The SMILES string of the molecule is COc1ccc(S(=O)(=O)N2CCC[C@H](C(=O)Nc3ccc(S(=O)(=O)Nc4nccc(C)n4)cc3)C2)cc1. The number of benzene rings is 2. The predicted molar refractivity (Wildman–Crippen MR) is 137 cm³/mol. The van der Waals surface area contributed by atoms with E-state index in [1.54, 1.807) is 25.1 Å². The number of aryl methyl sites for hydroxylation is 1. The van der Waals surface area contributed by atoms with Crippen LogP contribution in [0.25, 0.3) is 0 Å². The molecule has 37 heavy (non-hydrogen) atoms. The van der Waals surface area contributed by atoms with Crippen LogP contribution in [0, 0.1) is 12.8 Å². The number of carbonyl (C=O) groups excluding carboxylic acids is 1. The van der Waals surface area contributed by atoms with Gasteiger partial charge in [0.05, 0.1) is 22.8 Å². The summed E-state index contributed by atoms with van der Waals surface area (Å²) < 4.78 is 60.1. The van der Waals surface area contributed by atoms with Crippen molar-refractivity contribution < 1.29 is 26.4 Å². The lowest BCUT2D eigenvalue weighted by molar-refractivity contribution is -0.120. The predicted octanol–water partition coefficient (Wildman–Crippen LogP) is 2.63. The molecule has 0 unspecified atom stereocenters. The van der Waals surface area contributed by atoms with Crippen molar-refractivity contribution in [2.24, 2.45) is 5.92 Å². The molecule has 1 amide bonds. The molecule has 0 radical (unpaired) electrons. The van der Waals surface area contributed by atoms with Crippen molar-refractivity contribution in [2.45, 2.75) is 29.6 Å². The smallest absolute Gasteiger partial charge is 0.264 e. The fraction of sp³-hybridized carbons (Fsp3) is 0.292. The summed E-state index contributed by atoms with van der Waals surface area (Å²) in [6.45, 7) is 2.09. The first-order valence-electron chi connectivity index (χ1n) is 11.5. The standard InChI is InChI=1S/C24H27N5O6S2/c1-17-13-14-25-24(26-17)28-36(31,32)21-9-5-19(6-10-21)27-23(30)18-4-3-15-29(16-18)37(33,34)22-11-7-20(35-2)8-12-22/h5-14,18H,3-4,15-16H2,1-2H3,(H,27,30)(H,25,26,28)/t18-/m0/s1. The van der Waals surface area contributed by atoms with Gasteiger partial charge in [0.2, 0.25) is 21.9 Å². The summed E-state index contributed by atoms with van der Waals surface area (Å²) in [7, 11) is -6.18. The fourth-order valence-corrected chi connectivity index (χ4v) is 6.39. The summed E-state index contributed by atoms with van der Waals surface area (Å²) >= 11 is 0. The minimum atomic E-state index is -3.92. The molecule has 1 aliphatic rings. The zero-order chi connectivity index (χ0) is 26.6. The van der Waals surface area contributed by atoms with Gasteiger partial charge in [0, 0.05) is 30.7 Å². The third kappa shape index (κ3) is 6.24. The van der Waals surface area contributed by atoms with Crippen molar-refractivity contribution in [1.82, 2.24) is 14.3 Å². The molecule has 0 spiro atoms. The Hall–Kier alpha value is -3.55. The Kier molecular flexibility index (Phi) is 7.76. The van der Waals surface area contributed by atoms with Crippen molar-refractivity contribution in [3.05, 3.63) is 66.5 Å². The first-order chi connectivity index (χ1) is 17.6. The Bertz CT molecular complexity index is 1480. The second kappa shape index (κ2) is 10.8. The summed E-state index contributed by atoms with van der Waals surface area (Å²) in [6, 6.07) is 13.4. The highest BCUT2D eigenvalue weighted by atomic mass is 32.2. The van der Waals surface area contributed by atoms with E-state index in [-0.39, 0.29) is 28.2 Å². The number of amides is 1. The third-order valence-corrected chi connectivity index (χ3v) is 9.13. The topological polar surface area (TPSA) is 148 Å². The molecule has 0 bridgehead atoms. The summed E-state index contributed by atoms with van der Waals surface area (Å²) in [4.78, 5) is 21.0. The Balaban J connectivity index is 1.40. The highest BCUT2D eigenvalue weighted by Gasteiger charge is 2.33. The van der Waals surface area contributed by atoms with E-state index in [2.05, 4.69) is 20.0 Å². The molecule has 1 aliphatic heterocycles.